The zero-order chi connectivity index (χ0) is 16.8. The molecule has 126 valence electrons. The van der Waals surface area contributed by atoms with Crippen LogP contribution in [0.4, 0.5) is 0 Å². The molecule has 3 nitrogen and oxygen atoms in total. The highest BCUT2D eigenvalue weighted by Crippen LogP contribution is 2.30. The van der Waals surface area contributed by atoms with E-state index in [-0.39, 0.29) is 12.1 Å². The minimum absolute atomic E-state index is 0.156. The van der Waals surface area contributed by atoms with Crippen LogP contribution in [0.2, 0.25) is 0 Å². The first-order chi connectivity index (χ1) is 11.7. The molecule has 0 spiro atoms. The number of fused-ring (bicyclic) bond motifs is 1. The number of carbonyl (C=O) groups is 1. The molecule has 1 atom stereocenters. The topological polar surface area (TPSA) is 46.5 Å². The molecular weight excluding hydrogens is 300 g/mol. The van der Waals surface area contributed by atoms with E-state index in [1.54, 1.807) is 0 Å². The Morgan fingerprint density at radius 1 is 1.12 bits per heavy atom. The zero-order valence-corrected chi connectivity index (χ0v) is 13.9. The van der Waals surface area contributed by atoms with E-state index in [9.17, 15) is 9.90 Å². The normalized spacial score (nSPS) is 16.5. The second-order valence-corrected chi connectivity index (χ2v) is 6.44. The molecule has 0 fully saturated rings. The summed E-state index contributed by atoms with van der Waals surface area (Å²) in [6.07, 6.45) is 4.65. The third-order valence-electron chi connectivity index (χ3n) is 4.58. The smallest absolute Gasteiger partial charge is 0.306 e. The molecule has 24 heavy (non-hydrogen) atoms. The van der Waals surface area contributed by atoms with Gasteiger partial charge in [-0.05, 0) is 54.4 Å². The number of aliphatic hydroxyl groups is 1. The fourth-order valence-electron chi connectivity index (χ4n) is 3.23. The number of aliphatic hydroxyl groups excluding tert-OH is 1. The summed E-state index contributed by atoms with van der Waals surface area (Å²) < 4.78 is 5.29. The van der Waals surface area contributed by atoms with Crippen LogP contribution in [0, 0.1) is 0 Å². The van der Waals surface area contributed by atoms with E-state index in [2.05, 4.69) is 18.2 Å². The van der Waals surface area contributed by atoms with E-state index in [0.717, 1.165) is 43.2 Å². The van der Waals surface area contributed by atoms with Crippen LogP contribution in [0.1, 0.15) is 54.0 Å². The Hall–Kier alpha value is -2.13. The van der Waals surface area contributed by atoms with Gasteiger partial charge in [-0.2, -0.15) is 0 Å². The summed E-state index contributed by atoms with van der Waals surface area (Å²) >= 11 is 0. The summed E-state index contributed by atoms with van der Waals surface area (Å²) in [5.41, 5.74) is 4.53. The van der Waals surface area contributed by atoms with Gasteiger partial charge in [0.25, 0.3) is 0 Å². The van der Waals surface area contributed by atoms with Crippen LogP contribution in [0.25, 0.3) is 0 Å². The maximum absolute atomic E-state index is 11.8. The molecule has 3 heteroatoms. The van der Waals surface area contributed by atoms with Gasteiger partial charge in [0.2, 0.25) is 0 Å². The van der Waals surface area contributed by atoms with Crippen molar-refractivity contribution in [1.29, 1.82) is 0 Å². The first-order valence-corrected chi connectivity index (χ1v) is 8.71. The average molecular weight is 324 g/mol. The average Bonchev–Trinajstić information content (AvgIpc) is 2.61. The summed E-state index contributed by atoms with van der Waals surface area (Å²) in [6, 6.07) is 16.1. The summed E-state index contributed by atoms with van der Waals surface area (Å²) in [5, 5.41) is 10.1. The predicted molar refractivity (Wildman–Crippen MR) is 93.5 cm³/mol. The van der Waals surface area contributed by atoms with Crippen molar-refractivity contribution in [1.82, 2.24) is 0 Å². The molecular formula is C21H24O3. The fourth-order valence-corrected chi connectivity index (χ4v) is 3.23. The Balaban J connectivity index is 1.44. The van der Waals surface area contributed by atoms with Crippen molar-refractivity contribution < 1.29 is 14.6 Å². The number of hydrogen-bond acceptors (Lipinski definition) is 3. The number of ether oxygens (including phenoxy) is 1. The van der Waals surface area contributed by atoms with Gasteiger partial charge in [-0.3, -0.25) is 4.79 Å². The molecule has 0 saturated heterocycles. The molecule has 0 saturated carbocycles. The third kappa shape index (κ3) is 4.45. The second-order valence-electron chi connectivity index (χ2n) is 6.44. The minimum Gasteiger partial charge on any atom is -0.461 e. The van der Waals surface area contributed by atoms with Crippen LogP contribution in [-0.4, -0.2) is 11.1 Å². The molecule has 2 aromatic rings. The van der Waals surface area contributed by atoms with Crippen LogP contribution in [-0.2, 0) is 29.0 Å². The molecule has 0 aromatic heterocycles. The van der Waals surface area contributed by atoms with Crippen molar-refractivity contribution in [3.8, 4) is 0 Å². The Kier molecular flexibility index (Phi) is 5.65. The van der Waals surface area contributed by atoms with Crippen LogP contribution >= 0.6 is 0 Å². The first-order valence-electron chi connectivity index (χ1n) is 8.71. The van der Waals surface area contributed by atoms with Gasteiger partial charge in [-0.1, -0.05) is 48.5 Å². The summed E-state index contributed by atoms with van der Waals surface area (Å²) in [4.78, 5) is 11.8. The van der Waals surface area contributed by atoms with Crippen molar-refractivity contribution in [3.63, 3.8) is 0 Å². The fraction of sp³-hybridized carbons (Fsp3) is 0.381. The molecule has 0 amide bonds. The highest BCUT2D eigenvalue weighted by Gasteiger charge is 2.17. The Morgan fingerprint density at radius 3 is 2.79 bits per heavy atom. The second kappa shape index (κ2) is 8.11. The Bertz CT molecular complexity index is 679. The van der Waals surface area contributed by atoms with Gasteiger partial charge >= 0.3 is 5.97 Å². The maximum atomic E-state index is 11.8. The molecule has 0 aliphatic heterocycles. The summed E-state index contributed by atoms with van der Waals surface area (Å²) in [6.45, 7) is 0.338. The number of aryl methyl sites for hydroxylation is 2. The van der Waals surface area contributed by atoms with E-state index < -0.39 is 0 Å². The maximum Gasteiger partial charge on any atom is 0.306 e. The van der Waals surface area contributed by atoms with Crippen LogP contribution in [0.15, 0.2) is 48.5 Å². The predicted octanol–water partition coefficient (Wildman–Crippen LogP) is 4.12. The summed E-state index contributed by atoms with van der Waals surface area (Å²) in [5.74, 6) is -0.156. The number of benzene rings is 2. The van der Waals surface area contributed by atoms with E-state index in [1.165, 1.54) is 11.1 Å². The minimum atomic E-state index is -0.329. The highest BCUT2D eigenvalue weighted by molar-refractivity contribution is 5.69. The van der Waals surface area contributed by atoms with Gasteiger partial charge in [-0.15, -0.1) is 0 Å². The first kappa shape index (κ1) is 16.7. The van der Waals surface area contributed by atoms with Crippen molar-refractivity contribution in [2.24, 2.45) is 0 Å². The molecule has 1 N–H and O–H groups in total. The molecule has 1 aliphatic rings. The lowest BCUT2D eigenvalue weighted by molar-refractivity contribution is -0.145. The number of esters is 1. The molecule has 3 rings (SSSR count). The molecule has 1 aliphatic carbocycles. The van der Waals surface area contributed by atoms with E-state index in [0.29, 0.717) is 13.0 Å². The largest absolute Gasteiger partial charge is 0.461 e. The molecule has 0 bridgehead atoms. The van der Waals surface area contributed by atoms with Crippen molar-refractivity contribution in [3.05, 3.63) is 70.8 Å². The van der Waals surface area contributed by atoms with Gasteiger partial charge in [0, 0.05) is 6.42 Å². The third-order valence-corrected chi connectivity index (χ3v) is 4.58. The van der Waals surface area contributed by atoms with Gasteiger partial charge in [-0.25, -0.2) is 0 Å². The van der Waals surface area contributed by atoms with Crippen molar-refractivity contribution in [2.75, 3.05) is 0 Å². The van der Waals surface area contributed by atoms with Crippen molar-refractivity contribution >= 4 is 5.97 Å². The Labute approximate surface area is 143 Å². The van der Waals surface area contributed by atoms with Gasteiger partial charge in [0.05, 0.1) is 6.10 Å². The lowest BCUT2D eigenvalue weighted by atomic mass is 9.87. The monoisotopic (exact) mass is 324 g/mol. The van der Waals surface area contributed by atoms with E-state index >= 15 is 0 Å². The van der Waals surface area contributed by atoms with Crippen molar-refractivity contribution in [2.45, 2.75) is 51.2 Å². The molecule has 0 heterocycles. The number of hydrogen-bond donors (Lipinski definition) is 1. The molecule has 2 aromatic carbocycles. The van der Waals surface area contributed by atoms with Crippen LogP contribution < -0.4 is 0 Å². The van der Waals surface area contributed by atoms with E-state index in [4.69, 9.17) is 4.74 Å². The standard InChI is InChI=1S/C21H24O3/c22-20-10-5-9-18-13-12-16(14-19(18)20)8-4-11-21(23)24-15-17-6-2-1-3-7-17/h1-3,6-7,12-14,20,22H,4-5,8-11,15H2/t20-/m0/s1. The van der Waals surface area contributed by atoms with Gasteiger partial charge in [0.1, 0.15) is 6.61 Å². The van der Waals surface area contributed by atoms with Gasteiger partial charge in [0.15, 0.2) is 0 Å². The summed E-state index contributed by atoms with van der Waals surface area (Å²) in [7, 11) is 0. The lowest BCUT2D eigenvalue weighted by Gasteiger charge is -2.22. The number of carbonyl (C=O) groups excluding carboxylic acids is 1. The van der Waals surface area contributed by atoms with Crippen LogP contribution in [0.3, 0.4) is 0 Å². The van der Waals surface area contributed by atoms with Gasteiger partial charge < -0.3 is 9.84 Å². The Morgan fingerprint density at radius 2 is 1.96 bits per heavy atom. The van der Waals surface area contributed by atoms with E-state index in [1.807, 2.05) is 30.3 Å². The molecule has 0 radical (unpaired) electrons. The highest BCUT2D eigenvalue weighted by atomic mass is 16.5. The molecule has 0 unspecified atom stereocenters. The zero-order valence-electron chi connectivity index (χ0n) is 13.9. The SMILES string of the molecule is O=C(CCCc1ccc2c(c1)[C@@H](O)CCC2)OCc1ccccc1. The lowest BCUT2D eigenvalue weighted by Crippen LogP contribution is -2.10. The number of rotatable bonds is 6. The quantitative estimate of drug-likeness (QED) is 0.813. The van der Waals surface area contributed by atoms with Crippen LogP contribution in [0.5, 0.6) is 0 Å².